The maximum Gasteiger partial charge on any atom is 0.265 e. The van der Waals surface area contributed by atoms with Gasteiger partial charge in [0.05, 0.1) is 0 Å². The average molecular weight is 340 g/mol. The number of carbonyl (C=O) groups is 2. The lowest BCUT2D eigenvalue weighted by atomic mass is 10.2. The first kappa shape index (κ1) is 18.5. The number of hydrogen-bond donors (Lipinski definition) is 2. The van der Waals surface area contributed by atoms with Crippen molar-refractivity contribution in [3.8, 4) is 5.75 Å². The van der Waals surface area contributed by atoms with Gasteiger partial charge in [0, 0.05) is 17.8 Å². The largest absolute Gasteiger partial charge is 0.481 e. The molecule has 2 aromatic rings. The topological polar surface area (TPSA) is 67.4 Å². The molecule has 132 valence electrons. The molecule has 0 unspecified atom stereocenters. The molecule has 0 aliphatic carbocycles. The zero-order chi connectivity index (χ0) is 18.2. The fourth-order valence-electron chi connectivity index (χ4n) is 2.24. The highest BCUT2D eigenvalue weighted by Gasteiger charge is 2.15. The molecule has 0 saturated heterocycles. The lowest BCUT2D eigenvalue weighted by Crippen LogP contribution is -2.30. The molecule has 2 aromatic carbocycles. The molecule has 0 aliphatic rings. The maximum atomic E-state index is 12.3. The molecule has 1 atom stereocenters. The second kappa shape index (κ2) is 8.87. The minimum absolute atomic E-state index is 0.0398. The van der Waals surface area contributed by atoms with Crippen LogP contribution in [0.3, 0.4) is 0 Å². The van der Waals surface area contributed by atoms with E-state index in [-0.39, 0.29) is 11.8 Å². The number of benzene rings is 2. The Bertz CT molecular complexity index is 726. The number of nitrogens with one attached hydrogen (secondary N) is 2. The fraction of sp³-hybridized carbons (Fsp3) is 0.300. The highest BCUT2D eigenvalue weighted by Crippen LogP contribution is 2.17. The summed E-state index contributed by atoms with van der Waals surface area (Å²) < 4.78 is 5.65. The Kier molecular flexibility index (Phi) is 6.57. The zero-order valence-corrected chi connectivity index (χ0v) is 14.8. The zero-order valence-electron chi connectivity index (χ0n) is 14.8. The van der Waals surface area contributed by atoms with Crippen LogP contribution in [0.5, 0.6) is 5.75 Å². The van der Waals surface area contributed by atoms with Gasteiger partial charge in [0.25, 0.3) is 5.91 Å². The van der Waals surface area contributed by atoms with E-state index in [0.717, 1.165) is 12.0 Å². The van der Waals surface area contributed by atoms with Gasteiger partial charge in [-0.15, -0.1) is 0 Å². The van der Waals surface area contributed by atoms with Gasteiger partial charge in [-0.25, -0.2) is 0 Å². The van der Waals surface area contributed by atoms with Crippen molar-refractivity contribution in [1.82, 2.24) is 0 Å². The van der Waals surface area contributed by atoms with Crippen molar-refractivity contribution in [3.63, 3.8) is 0 Å². The van der Waals surface area contributed by atoms with E-state index in [2.05, 4.69) is 10.6 Å². The van der Waals surface area contributed by atoms with Crippen molar-refractivity contribution in [2.45, 2.75) is 39.7 Å². The molecule has 2 amide bonds. The minimum Gasteiger partial charge on any atom is -0.481 e. The number of aryl methyl sites for hydroxylation is 1. The van der Waals surface area contributed by atoms with Crippen LogP contribution in [-0.2, 0) is 9.59 Å². The summed E-state index contributed by atoms with van der Waals surface area (Å²) in [5.41, 5.74) is 2.40. The molecule has 0 saturated carbocycles. The molecule has 0 aromatic heterocycles. The van der Waals surface area contributed by atoms with Gasteiger partial charge in [-0.1, -0.05) is 30.7 Å². The first-order valence-electron chi connectivity index (χ1n) is 8.42. The molecule has 0 bridgehead atoms. The molecule has 0 spiro atoms. The molecule has 25 heavy (non-hydrogen) atoms. The van der Waals surface area contributed by atoms with Gasteiger partial charge in [-0.05, 0) is 50.6 Å². The Labute approximate surface area is 148 Å². The lowest BCUT2D eigenvalue weighted by Gasteiger charge is -2.15. The SMILES string of the molecule is CCCC(=O)Nc1cccc(NC(=O)[C@@H](C)Oc2ccc(C)cc2)c1. The van der Waals surface area contributed by atoms with Crippen LogP contribution in [0.25, 0.3) is 0 Å². The van der Waals surface area contributed by atoms with E-state index in [4.69, 9.17) is 4.74 Å². The Morgan fingerprint density at radius 3 is 2.32 bits per heavy atom. The smallest absolute Gasteiger partial charge is 0.265 e. The summed E-state index contributed by atoms with van der Waals surface area (Å²) in [4.78, 5) is 24.0. The second-order valence-corrected chi connectivity index (χ2v) is 5.94. The van der Waals surface area contributed by atoms with Gasteiger partial charge in [0.15, 0.2) is 6.10 Å². The predicted octanol–water partition coefficient (Wildman–Crippen LogP) is 4.14. The Hall–Kier alpha value is -2.82. The van der Waals surface area contributed by atoms with Gasteiger partial charge < -0.3 is 15.4 Å². The standard InChI is InChI=1S/C20H24N2O3/c1-4-6-19(23)21-16-7-5-8-17(13-16)22-20(24)15(3)25-18-11-9-14(2)10-12-18/h5,7-13,15H,4,6H2,1-3H3,(H,21,23)(H,22,24)/t15-/m1/s1. The maximum absolute atomic E-state index is 12.3. The summed E-state index contributed by atoms with van der Waals surface area (Å²) in [6, 6.07) is 14.6. The van der Waals surface area contributed by atoms with E-state index in [0.29, 0.717) is 23.5 Å². The third kappa shape index (κ3) is 5.95. The van der Waals surface area contributed by atoms with E-state index in [1.165, 1.54) is 0 Å². The van der Waals surface area contributed by atoms with Crippen LogP contribution in [0.15, 0.2) is 48.5 Å². The highest BCUT2D eigenvalue weighted by atomic mass is 16.5. The minimum atomic E-state index is -0.638. The van der Waals surface area contributed by atoms with Gasteiger partial charge in [-0.2, -0.15) is 0 Å². The molecular formula is C20H24N2O3. The monoisotopic (exact) mass is 340 g/mol. The van der Waals surface area contributed by atoms with Crippen molar-refractivity contribution in [2.75, 3.05) is 10.6 Å². The molecule has 5 heteroatoms. The van der Waals surface area contributed by atoms with Crippen LogP contribution >= 0.6 is 0 Å². The summed E-state index contributed by atoms with van der Waals surface area (Å²) in [5.74, 6) is 0.355. The first-order valence-corrected chi connectivity index (χ1v) is 8.42. The van der Waals surface area contributed by atoms with E-state index in [9.17, 15) is 9.59 Å². The van der Waals surface area contributed by atoms with E-state index >= 15 is 0 Å². The summed E-state index contributed by atoms with van der Waals surface area (Å²) in [7, 11) is 0. The molecule has 2 rings (SSSR count). The van der Waals surface area contributed by atoms with Gasteiger partial charge >= 0.3 is 0 Å². The lowest BCUT2D eigenvalue weighted by molar-refractivity contribution is -0.122. The Morgan fingerprint density at radius 2 is 1.68 bits per heavy atom. The van der Waals surface area contributed by atoms with Gasteiger partial charge in [0.1, 0.15) is 5.75 Å². The van der Waals surface area contributed by atoms with Crippen molar-refractivity contribution in [3.05, 3.63) is 54.1 Å². The van der Waals surface area contributed by atoms with Crippen LogP contribution in [0.4, 0.5) is 11.4 Å². The van der Waals surface area contributed by atoms with Crippen molar-refractivity contribution < 1.29 is 14.3 Å². The van der Waals surface area contributed by atoms with Crippen LogP contribution < -0.4 is 15.4 Å². The first-order chi connectivity index (χ1) is 12.0. The van der Waals surface area contributed by atoms with Gasteiger partial charge in [0.2, 0.25) is 5.91 Å². The number of rotatable bonds is 7. The fourth-order valence-corrected chi connectivity index (χ4v) is 2.24. The third-order valence-electron chi connectivity index (χ3n) is 3.59. The number of ether oxygens (including phenoxy) is 1. The molecular weight excluding hydrogens is 316 g/mol. The van der Waals surface area contributed by atoms with E-state index < -0.39 is 6.10 Å². The quantitative estimate of drug-likeness (QED) is 0.796. The molecule has 5 nitrogen and oxygen atoms in total. The number of hydrogen-bond acceptors (Lipinski definition) is 3. The molecule has 0 aliphatic heterocycles. The molecule has 0 fully saturated rings. The Balaban J connectivity index is 1.95. The van der Waals surface area contributed by atoms with Crippen LogP contribution in [0.2, 0.25) is 0 Å². The Morgan fingerprint density at radius 1 is 1.04 bits per heavy atom. The van der Waals surface area contributed by atoms with Crippen LogP contribution in [0.1, 0.15) is 32.3 Å². The van der Waals surface area contributed by atoms with E-state index in [1.807, 2.05) is 38.1 Å². The summed E-state index contributed by atoms with van der Waals surface area (Å²) in [6.07, 6.45) is 0.620. The average Bonchev–Trinajstić information content (AvgIpc) is 2.57. The van der Waals surface area contributed by atoms with Crippen molar-refractivity contribution in [2.24, 2.45) is 0 Å². The highest BCUT2D eigenvalue weighted by molar-refractivity contribution is 5.96. The van der Waals surface area contributed by atoms with Crippen LogP contribution in [0, 0.1) is 6.92 Å². The summed E-state index contributed by atoms with van der Waals surface area (Å²) >= 11 is 0. The third-order valence-corrected chi connectivity index (χ3v) is 3.59. The molecule has 0 heterocycles. The van der Waals surface area contributed by atoms with E-state index in [1.54, 1.807) is 31.2 Å². The van der Waals surface area contributed by atoms with Gasteiger partial charge in [-0.3, -0.25) is 9.59 Å². The summed E-state index contributed by atoms with van der Waals surface area (Å²) in [5, 5.41) is 5.61. The summed E-state index contributed by atoms with van der Waals surface area (Å²) in [6.45, 7) is 5.64. The van der Waals surface area contributed by atoms with Crippen molar-refractivity contribution in [1.29, 1.82) is 0 Å². The second-order valence-electron chi connectivity index (χ2n) is 5.94. The number of amides is 2. The predicted molar refractivity (Wildman–Crippen MR) is 99.9 cm³/mol. The molecule has 2 N–H and O–H groups in total. The number of carbonyl (C=O) groups excluding carboxylic acids is 2. The van der Waals surface area contributed by atoms with Crippen LogP contribution in [-0.4, -0.2) is 17.9 Å². The normalized spacial score (nSPS) is 11.5. The molecule has 0 radical (unpaired) electrons. The number of anilines is 2. The van der Waals surface area contributed by atoms with Crippen molar-refractivity contribution >= 4 is 23.2 Å².